The van der Waals surface area contributed by atoms with Gasteiger partial charge in [-0.2, -0.15) is 12.6 Å². The third-order valence-electron chi connectivity index (χ3n) is 5.64. The summed E-state index contributed by atoms with van der Waals surface area (Å²) in [6.45, 7) is 17.4. The van der Waals surface area contributed by atoms with Crippen molar-refractivity contribution in [1.29, 1.82) is 0 Å². The second kappa shape index (κ2) is 7.11. The molecule has 0 aromatic carbocycles. The maximum atomic E-state index is 12.8. The lowest BCUT2D eigenvalue weighted by Gasteiger charge is -2.36. The van der Waals surface area contributed by atoms with Gasteiger partial charge in [0.2, 0.25) is 11.8 Å². The van der Waals surface area contributed by atoms with Crippen LogP contribution in [0.5, 0.6) is 0 Å². The van der Waals surface area contributed by atoms with Gasteiger partial charge >= 0.3 is 0 Å². The van der Waals surface area contributed by atoms with E-state index in [-0.39, 0.29) is 34.5 Å². The average molecular weight is 402 g/mol. The minimum absolute atomic E-state index is 0.0219. The Bertz CT molecular complexity index is 571. The van der Waals surface area contributed by atoms with Crippen molar-refractivity contribution < 1.29 is 14.0 Å². The van der Waals surface area contributed by atoms with Crippen molar-refractivity contribution in [3.05, 3.63) is 0 Å². The molecule has 2 heterocycles. The third kappa shape index (κ3) is 4.46. The van der Waals surface area contributed by atoms with Gasteiger partial charge in [-0.25, -0.2) is 0 Å². The van der Waals surface area contributed by atoms with E-state index >= 15 is 0 Å². The highest BCUT2D eigenvalue weighted by Gasteiger charge is 2.62. The van der Waals surface area contributed by atoms with Crippen molar-refractivity contribution in [2.45, 2.75) is 89.4 Å². The van der Waals surface area contributed by atoms with Gasteiger partial charge in [0.25, 0.3) is 0 Å². The van der Waals surface area contributed by atoms with Crippen LogP contribution in [0.25, 0.3) is 0 Å². The summed E-state index contributed by atoms with van der Waals surface area (Å²) in [5.74, 6) is 0.326. The largest absolute Gasteiger partial charge is 0.415 e. The second-order valence-electron chi connectivity index (χ2n) is 9.99. The lowest BCUT2D eigenvalue weighted by molar-refractivity contribution is -0.133. The molecule has 26 heavy (non-hydrogen) atoms. The summed E-state index contributed by atoms with van der Waals surface area (Å²) in [5, 5.41) is 6.34. The van der Waals surface area contributed by atoms with Gasteiger partial charge in [0.05, 0.1) is 24.7 Å². The maximum absolute atomic E-state index is 12.8. The van der Waals surface area contributed by atoms with E-state index in [2.05, 4.69) is 57.1 Å². The quantitative estimate of drug-likeness (QED) is 0.373. The molecule has 0 radical (unpaired) electrons. The summed E-state index contributed by atoms with van der Waals surface area (Å²) >= 11 is 4.28. The molecule has 2 saturated heterocycles. The number of hydrogen-bond donors (Lipinski definition) is 3. The lowest BCUT2D eigenvalue weighted by Crippen LogP contribution is -2.62. The number of piperazine rings is 1. The molecule has 2 amide bonds. The summed E-state index contributed by atoms with van der Waals surface area (Å²) in [5.41, 5.74) is -0.316. The second-order valence-corrected chi connectivity index (χ2v) is 15.2. The molecule has 4 unspecified atom stereocenters. The van der Waals surface area contributed by atoms with Crippen LogP contribution in [0.1, 0.15) is 41.5 Å². The van der Waals surface area contributed by atoms with Gasteiger partial charge in [-0.1, -0.05) is 20.8 Å². The molecule has 2 N–H and O–H groups in total. The zero-order valence-electron chi connectivity index (χ0n) is 17.3. The predicted molar refractivity (Wildman–Crippen MR) is 110 cm³/mol. The van der Waals surface area contributed by atoms with E-state index in [1.54, 1.807) is 0 Å². The van der Waals surface area contributed by atoms with Crippen molar-refractivity contribution >= 4 is 32.8 Å². The first-order valence-electron chi connectivity index (χ1n) is 9.35. The number of fused-ring (bicyclic) bond motifs is 1. The molecule has 0 aromatic heterocycles. The number of rotatable bonds is 5. The minimum atomic E-state index is -1.90. The first kappa shape index (κ1) is 21.7. The first-order chi connectivity index (χ1) is 11.7. The Morgan fingerprint density at radius 2 is 1.85 bits per heavy atom. The van der Waals surface area contributed by atoms with Gasteiger partial charge in [-0.3, -0.25) is 14.9 Å². The van der Waals surface area contributed by atoms with Crippen LogP contribution in [-0.4, -0.2) is 67.1 Å². The number of thiol groups is 1. The minimum Gasteiger partial charge on any atom is -0.415 e. The Morgan fingerprint density at radius 1 is 1.27 bits per heavy atom. The van der Waals surface area contributed by atoms with Crippen LogP contribution in [0.4, 0.5) is 0 Å². The van der Waals surface area contributed by atoms with E-state index < -0.39 is 20.4 Å². The molecule has 0 spiro atoms. The monoisotopic (exact) mass is 401 g/mol. The number of carbonyl (C=O) groups is 2. The summed E-state index contributed by atoms with van der Waals surface area (Å²) in [6, 6.07) is -1.02. The van der Waals surface area contributed by atoms with Crippen molar-refractivity contribution in [3.8, 4) is 0 Å². The molecule has 0 saturated carbocycles. The maximum Gasteiger partial charge on any atom is 0.241 e. The van der Waals surface area contributed by atoms with Crippen LogP contribution in [0, 0.1) is 0 Å². The molecule has 2 rings (SSSR count). The van der Waals surface area contributed by atoms with Crippen molar-refractivity contribution in [2.24, 2.45) is 0 Å². The van der Waals surface area contributed by atoms with Gasteiger partial charge in [-0.05, 0) is 38.9 Å². The normalized spacial score (nSPS) is 29.4. The Labute approximate surface area is 164 Å². The standard InChI is InChI=1S/C18H35N3O3SSi/c1-17(2,3)20-15(22)13-14-12(9-24-26(7,8)18(4,5)6)21(14)16(23)11(10-25)19-13/h11-14,19,25H,9-10H2,1-8H3,(H,20,22). The van der Waals surface area contributed by atoms with Crippen LogP contribution in [-0.2, 0) is 14.0 Å². The summed E-state index contributed by atoms with van der Waals surface area (Å²) in [6.07, 6.45) is 0. The van der Waals surface area contributed by atoms with E-state index in [4.69, 9.17) is 4.43 Å². The van der Waals surface area contributed by atoms with Gasteiger partial charge in [0.1, 0.15) is 6.04 Å². The SMILES string of the molecule is CC(C)(C)NC(=O)C1NC(CS)C(=O)N2C(CO[Si](C)(C)C(C)(C)C)C12. The summed E-state index contributed by atoms with van der Waals surface area (Å²) < 4.78 is 6.32. The third-order valence-corrected chi connectivity index (χ3v) is 10.5. The van der Waals surface area contributed by atoms with Crippen molar-refractivity contribution in [3.63, 3.8) is 0 Å². The fourth-order valence-corrected chi connectivity index (χ4v) is 4.34. The van der Waals surface area contributed by atoms with Gasteiger partial charge in [-0.15, -0.1) is 0 Å². The average Bonchev–Trinajstić information content (AvgIpc) is 3.17. The Hall–Kier alpha value is -0.573. The number of nitrogens with zero attached hydrogens (tertiary/aromatic N) is 1. The van der Waals surface area contributed by atoms with Crippen LogP contribution in [0.3, 0.4) is 0 Å². The highest BCUT2D eigenvalue weighted by Crippen LogP contribution is 2.40. The Morgan fingerprint density at radius 3 is 2.31 bits per heavy atom. The Balaban J connectivity index is 2.11. The van der Waals surface area contributed by atoms with E-state index in [1.165, 1.54) is 0 Å². The topological polar surface area (TPSA) is 70.4 Å². The number of hydrogen-bond acceptors (Lipinski definition) is 5. The van der Waals surface area contributed by atoms with Gasteiger partial charge < -0.3 is 14.6 Å². The molecule has 150 valence electrons. The first-order valence-corrected chi connectivity index (χ1v) is 12.9. The molecule has 2 fully saturated rings. The van der Waals surface area contributed by atoms with Crippen LogP contribution >= 0.6 is 12.6 Å². The number of amides is 2. The van der Waals surface area contributed by atoms with Gasteiger partial charge in [0.15, 0.2) is 8.32 Å². The molecule has 2 aliphatic heterocycles. The van der Waals surface area contributed by atoms with Crippen molar-refractivity contribution in [2.75, 3.05) is 12.4 Å². The zero-order chi connectivity index (χ0) is 20.1. The molecule has 4 atom stereocenters. The predicted octanol–water partition coefficient (Wildman–Crippen LogP) is 1.77. The molecule has 0 bridgehead atoms. The van der Waals surface area contributed by atoms with E-state index in [1.807, 2.05) is 25.7 Å². The molecule has 0 aromatic rings. The fourth-order valence-electron chi connectivity index (χ4n) is 3.06. The molecular formula is C18H35N3O3SSi. The van der Waals surface area contributed by atoms with E-state index in [0.717, 1.165) is 0 Å². The lowest BCUT2D eigenvalue weighted by atomic mass is 10.0. The van der Waals surface area contributed by atoms with Crippen molar-refractivity contribution in [1.82, 2.24) is 15.5 Å². The molecule has 2 aliphatic rings. The van der Waals surface area contributed by atoms with Crippen LogP contribution < -0.4 is 10.6 Å². The molecular weight excluding hydrogens is 366 g/mol. The van der Waals surface area contributed by atoms with Crippen LogP contribution in [0.2, 0.25) is 18.1 Å². The zero-order valence-corrected chi connectivity index (χ0v) is 19.2. The number of carbonyl (C=O) groups excluding carboxylic acids is 2. The van der Waals surface area contributed by atoms with Gasteiger partial charge in [0, 0.05) is 11.3 Å². The van der Waals surface area contributed by atoms with E-state index in [0.29, 0.717) is 12.4 Å². The van der Waals surface area contributed by atoms with E-state index in [9.17, 15) is 9.59 Å². The smallest absolute Gasteiger partial charge is 0.241 e. The summed E-state index contributed by atoms with van der Waals surface area (Å²) in [7, 11) is -1.90. The van der Waals surface area contributed by atoms with Crippen LogP contribution in [0.15, 0.2) is 0 Å². The highest BCUT2D eigenvalue weighted by atomic mass is 32.1. The Kier molecular flexibility index (Phi) is 5.94. The molecule has 8 heteroatoms. The molecule has 0 aliphatic carbocycles. The molecule has 6 nitrogen and oxygen atoms in total. The number of nitrogens with one attached hydrogen (secondary N) is 2. The highest BCUT2D eigenvalue weighted by molar-refractivity contribution is 7.80. The fraction of sp³-hybridized carbons (Fsp3) is 0.889. The summed E-state index contributed by atoms with van der Waals surface area (Å²) in [4.78, 5) is 27.2.